The minimum Gasteiger partial charge on any atom is -0.324 e. The van der Waals surface area contributed by atoms with E-state index in [1.807, 2.05) is 20.0 Å². The Balaban J connectivity index is 1.82. The van der Waals surface area contributed by atoms with Crippen molar-refractivity contribution in [2.45, 2.75) is 13.3 Å². The normalized spacial score (nSPS) is 20.8. The summed E-state index contributed by atoms with van der Waals surface area (Å²) in [6, 6.07) is 1.81. The van der Waals surface area contributed by atoms with Crippen LogP contribution in [0.25, 0.3) is 11.0 Å². The molecule has 0 aliphatic carbocycles. The third-order valence-electron chi connectivity index (χ3n) is 3.73. The van der Waals surface area contributed by atoms with Crippen LogP contribution < -0.4 is 5.32 Å². The molecule has 3 heterocycles. The largest absolute Gasteiger partial charge is 0.324 e. The maximum atomic E-state index is 12.1. The van der Waals surface area contributed by atoms with Gasteiger partial charge >= 0.3 is 0 Å². The van der Waals surface area contributed by atoms with Crippen LogP contribution in [-0.2, 0) is 21.7 Å². The van der Waals surface area contributed by atoms with Gasteiger partial charge < -0.3 is 5.32 Å². The maximum absolute atomic E-state index is 12.1. The van der Waals surface area contributed by atoms with E-state index >= 15 is 0 Å². The zero-order chi connectivity index (χ0) is 15.2. The number of rotatable bonds is 2. The van der Waals surface area contributed by atoms with E-state index in [1.54, 1.807) is 10.9 Å². The summed E-state index contributed by atoms with van der Waals surface area (Å²) >= 11 is 0. The first-order chi connectivity index (χ1) is 9.85. The standard InChI is InChI=1S/C13H16N4O3S/c1-8-11-5-10(6-14-12(11)17(2)16-8)15-13(18)9-3-4-21(19,20)7-9/h5-6,9H,3-4,7H2,1-2H3,(H,15,18)/t9-/m0/s1. The fraction of sp³-hybridized carbons (Fsp3) is 0.462. The lowest BCUT2D eigenvalue weighted by molar-refractivity contribution is -0.119. The van der Waals surface area contributed by atoms with Crippen LogP contribution in [0, 0.1) is 12.8 Å². The van der Waals surface area contributed by atoms with Gasteiger partial charge in [0.1, 0.15) is 0 Å². The van der Waals surface area contributed by atoms with Gasteiger partial charge in [-0.3, -0.25) is 9.48 Å². The number of nitrogens with one attached hydrogen (secondary N) is 1. The highest BCUT2D eigenvalue weighted by Gasteiger charge is 2.33. The minimum atomic E-state index is -3.06. The van der Waals surface area contributed by atoms with Crippen LogP contribution in [0.4, 0.5) is 5.69 Å². The molecular formula is C13H16N4O3S. The topological polar surface area (TPSA) is 93.9 Å². The number of fused-ring (bicyclic) bond motifs is 1. The lowest BCUT2D eigenvalue weighted by Gasteiger charge is -2.09. The van der Waals surface area contributed by atoms with E-state index < -0.39 is 15.8 Å². The Labute approximate surface area is 122 Å². The predicted octanol–water partition coefficient (Wildman–Crippen LogP) is 0.650. The molecule has 1 aliphatic heterocycles. The van der Waals surface area contributed by atoms with Crippen LogP contribution in [0.15, 0.2) is 12.3 Å². The molecular weight excluding hydrogens is 292 g/mol. The van der Waals surface area contributed by atoms with E-state index in [2.05, 4.69) is 15.4 Å². The van der Waals surface area contributed by atoms with E-state index in [-0.39, 0.29) is 17.4 Å². The van der Waals surface area contributed by atoms with Crippen molar-refractivity contribution >= 4 is 32.5 Å². The van der Waals surface area contributed by atoms with Gasteiger partial charge in [0.2, 0.25) is 5.91 Å². The molecule has 0 radical (unpaired) electrons. The first kappa shape index (κ1) is 14.0. The molecule has 2 aromatic rings. The molecule has 7 nitrogen and oxygen atoms in total. The summed E-state index contributed by atoms with van der Waals surface area (Å²) in [5.74, 6) is -0.718. The molecule has 0 unspecified atom stereocenters. The molecule has 1 N–H and O–H groups in total. The summed E-state index contributed by atoms with van der Waals surface area (Å²) < 4.78 is 24.5. The van der Waals surface area contributed by atoms with Gasteiger partial charge in [-0.2, -0.15) is 5.10 Å². The quantitative estimate of drug-likeness (QED) is 0.879. The summed E-state index contributed by atoms with van der Waals surface area (Å²) in [7, 11) is -1.25. The van der Waals surface area contributed by atoms with Crippen molar-refractivity contribution < 1.29 is 13.2 Å². The van der Waals surface area contributed by atoms with Crippen LogP contribution in [0.2, 0.25) is 0 Å². The number of sulfone groups is 1. The number of carbonyl (C=O) groups is 1. The zero-order valence-corrected chi connectivity index (χ0v) is 12.6. The second kappa shape index (κ2) is 4.80. The maximum Gasteiger partial charge on any atom is 0.228 e. The van der Waals surface area contributed by atoms with Gasteiger partial charge in [-0.15, -0.1) is 0 Å². The van der Waals surface area contributed by atoms with E-state index in [9.17, 15) is 13.2 Å². The molecule has 0 bridgehead atoms. The van der Waals surface area contributed by atoms with Crippen LogP contribution >= 0.6 is 0 Å². The van der Waals surface area contributed by atoms with E-state index in [4.69, 9.17) is 0 Å². The Bertz CT molecular complexity index is 825. The summed E-state index contributed by atoms with van der Waals surface area (Å²) in [5.41, 5.74) is 2.14. The van der Waals surface area contributed by atoms with Crippen LogP contribution in [0.3, 0.4) is 0 Å². The highest BCUT2D eigenvalue weighted by Crippen LogP contribution is 2.22. The molecule has 21 heavy (non-hydrogen) atoms. The molecule has 112 valence electrons. The lowest BCUT2D eigenvalue weighted by Crippen LogP contribution is -2.23. The Morgan fingerprint density at radius 3 is 2.90 bits per heavy atom. The molecule has 1 aliphatic rings. The number of aromatic nitrogens is 3. The number of anilines is 1. The van der Waals surface area contributed by atoms with Crippen LogP contribution in [0.5, 0.6) is 0 Å². The van der Waals surface area contributed by atoms with Gasteiger partial charge in [0, 0.05) is 12.4 Å². The van der Waals surface area contributed by atoms with Gasteiger partial charge in [0.15, 0.2) is 15.5 Å². The molecule has 0 saturated carbocycles. The third-order valence-corrected chi connectivity index (χ3v) is 5.50. The van der Waals surface area contributed by atoms with Crippen LogP contribution in [0.1, 0.15) is 12.1 Å². The fourth-order valence-electron chi connectivity index (χ4n) is 2.62. The summed E-state index contributed by atoms with van der Waals surface area (Å²) in [5, 5.41) is 7.89. The predicted molar refractivity (Wildman–Crippen MR) is 78.6 cm³/mol. The number of aryl methyl sites for hydroxylation is 2. The van der Waals surface area contributed by atoms with Gasteiger partial charge in [-0.1, -0.05) is 0 Å². The molecule has 8 heteroatoms. The van der Waals surface area contributed by atoms with E-state index in [1.165, 1.54) is 0 Å². The van der Waals surface area contributed by atoms with Crippen LogP contribution in [-0.4, -0.2) is 40.6 Å². The fourth-order valence-corrected chi connectivity index (χ4v) is 4.36. The Morgan fingerprint density at radius 2 is 2.24 bits per heavy atom. The monoisotopic (exact) mass is 308 g/mol. The second-order valence-corrected chi connectivity index (χ2v) is 7.62. The van der Waals surface area contributed by atoms with Gasteiger partial charge in [0.05, 0.1) is 35.0 Å². The van der Waals surface area contributed by atoms with Crippen molar-refractivity contribution in [2.24, 2.45) is 13.0 Å². The smallest absolute Gasteiger partial charge is 0.228 e. The zero-order valence-electron chi connectivity index (χ0n) is 11.8. The Morgan fingerprint density at radius 1 is 1.48 bits per heavy atom. The number of carbonyl (C=O) groups excluding carboxylic acids is 1. The highest BCUT2D eigenvalue weighted by atomic mass is 32.2. The van der Waals surface area contributed by atoms with Crippen molar-refractivity contribution in [1.82, 2.24) is 14.8 Å². The van der Waals surface area contributed by atoms with Crippen molar-refractivity contribution in [3.8, 4) is 0 Å². The minimum absolute atomic E-state index is 0.0690. The third kappa shape index (κ3) is 2.63. The SMILES string of the molecule is Cc1nn(C)c2ncc(NC(=O)[C@H]3CCS(=O)(=O)C3)cc12. The molecule has 3 rings (SSSR count). The average molecular weight is 308 g/mol. The van der Waals surface area contributed by atoms with Gasteiger partial charge in [-0.05, 0) is 19.4 Å². The second-order valence-electron chi connectivity index (χ2n) is 5.39. The number of amides is 1. The molecule has 0 aromatic carbocycles. The number of pyridine rings is 1. The van der Waals surface area contributed by atoms with Crippen molar-refractivity contribution in [3.63, 3.8) is 0 Å². The number of nitrogens with zero attached hydrogens (tertiary/aromatic N) is 3. The first-order valence-electron chi connectivity index (χ1n) is 6.66. The van der Waals surface area contributed by atoms with Crippen molar-refractivity contribution in [3.05, 3.63) is 18.0 Å². The van der Waals surface area contributed by atoms with Crippen molar-refractivity contribution in [1.29, 1.82) is 0 Å². The number of hydrogen-bond donors (Lipinski definition) is 1. The van der Waals surface area contributed by atoms with Gasteiger partial charge in [0.25, 0.3) is 0 Å². The van der Waals surface area contributed by atoms with Crippen molar-refractivity contribution in [2.75, 3.05) is 16.8 Å². The summed E-state index contributed by atoms with van der Waals surface area (Å²) in [6.07, 6.45) is 1.95. The van der Waals surface area contributed by atoms with Gasteiger partial charge in [-0.25, -0.2) is 13.4 Å². The molecule has 2 aromatic heterocycles. The number of hydrogen-bond acceptors (Lipinski definition) is 5. The Hall–Kier alpha value is -1.96. The molecule has 1 saturated heterocycles. The highest BCUT2D eigenvalue weighted by molar-refractivity contribution is 7.91. The lowest BCUT2D eigenvalue weighted by atomic mass is 10.1. The first-order valence-corrected chi connectivity index (χ1v) is 8.48. The summed E-state index contributed by atoms with van der Waals surface area (Å²) in [6.45, 7) is 1.87. The average Bonchev–Trinajstić information content (AvgIpc) is 2.91. The molecule has 1 amide bonds. The molecule has 0 spiro atoms. The Kier molecular flexibility index (Phi) is 3.20. The summed E-state index contributed by atoms with van der Waals surface area (Å²) in [4.78, 5) is 16.4. The molecule has 1 atom stereocenters. The molecule has 1 fully saturated rings. The van der Waals surface area contributed by atoms with E-state index in [0.29, 0.717) is 12.1 Å². The van der Waals surface area contributed by atoms with E-state index in [0.717, 1.165) is 16.7 Å².